The number of aromatic nitrogens is 4. The number of H-pyrrole nitrogens is 1. The Balaban J connectivity index is 1.46. The van der Waals surface area contributed by atoms with Crippen molar-refractivity contribution in [2.45, 2.75) is 39.2 Å². The maximum Gasteiger partial charge on any atom is 0.343 e. The number of aryl methyl sites for hydroxylation is 2. The van der Waals surface area contributed by atoms with E-state index < -0.39 is 0 Å². The minimum Gasteiger partial charge on any atom is -0.445 e. The van der Waals surface area contributed by atoms with Crippen LogP contribution < -0.4 is 5.69 Å². The average molecular weight is 381 g/mol. The van der Waals surface area contributed by atoms with Crippen LogP contribution in [0.5, 0.6) is 0 Å². The van der Waals surface area contributed by atoms with Crippen LogP contribution in [-0.4, -0.2) is 43.6 Å². The summed E-state index contributed by atoms with van der Waals surface area (Å²) in [5.74, 6) is 1.84. The molecule has 3 heterocycles. The summed E-state index contributed by atoms with van der Waals surface area (Å²) in [6.45, 7) is 5.18. The molecule has 8 heteroatoms. The van der Waals surface area contributed by atoms with Gasteiger partial charge in [-0.05, 0) is 25.3 Å². The molecule has 0 saturated carbocycles. The van der Waals surface area contributed by atoms with E-state index in [0.29, 0.717) is 37.0 Å². The van der Waals surface area contributed by atoms with Gasteiger partial charge in [-0.15, -0.1) is 0 Å². The van der Waals surface area contributed by atoms with Crippen molar-refractivity contribution in [1.29, 1.82) is 0 Å². The lowest BCUT2D eigenvalue weighted by atomic mass is 9.95. The Kier molecular flexibility index (Phi) is 4.85. The fourth-order valence-electron chi connectivity index (χ4n) is 3.78. The summed E-state index contributed by atoms with van der Waals surface area (Å²) in [6.07, 6.45) is 1.50. The number of benzene rings is 1. The van der Waals surface area contributed by atoms with Crippen LogP contribution in [0.4, 0.5) is 0 Å². The monoisotopic (exact) mass is 381 g/mol. The molecule has 8 nitrogen and oxygen atoms in total. The van der Waals surface area contributed by atoms with Gasteiger partial charge in [0.25, 0.3) is 5.91 Å². The number of carbonyl (C=O) groups excluding carboxylic acids is 1. The predicted molar refractivity (Wildman–Crippen MR) is 102 cm³/mol. The number of amides is 1. The molecule has 1 amide bonds. The standard InChI is InChI=1S/C20H23N5O3/c1-13-17(21-14(2)28-13)19(26)24-10-8-16(9-11-24)18-22-23-20(27)25(18)12-15-6-4-3-5-7-15/h3-7,16H,8-12H2,1-2H3,(H,23,27). The van der Waals surface area contributed by atoms with E-state index in [2.05, 4.69) is 15.2 Å². The molecule has 3 aromatic rings. The van der Waals surface area contributed by atoms with Crippen LogP contribution in [-0.2, 0) is 6.54 Å². The average Bonchev–Trinajstić information content (AvgIpc) is 3.24. The smallest absolute Gasteiger partial charge is 0.343 e. The highest BCUT2D eigenvalue weighted by Crippen LogP contribution is 2.27. The number of rotatable bonds is 4. The van der Waals surface area contributed by atoms with Gasteiger partial charge in [-0.3, -0.25) is 9.36 Å². The molecule has 4 rings (SSSR count). The number of aromatic amines is 1. The van der Waals surface area contributed by atoms with Crippen LogP contribution in [0.2, 0.25) is 0 Å². The van der Waals surface area contributed by atoms with E-state index >= 15 is 0 Å². The molecule has 0 spiro atoms. The second-order valence-electron chi connectivity index (χ2n) is 7.16. The Hall–Kier alpha value is -3.16. The zero-order valence-electron chi connectivity index (χ0n) is 16.0. The highest BCUT2D eigenvalue weighted by atomic mass is 16.4. The Bertz CT molecular complexity index is 1030. The van der Waals surface area contributed by atoms with Crippen molar-refractivity contribution in [1.82, 2.24) is 24.6 Å². The molecule has 1 aromatic carbocycles. The third-order valence-electron chi connectivity index (χ3n) is 5.22. The Morgan fingerprint density at radius 3 is 2.57 bits per heavy atom. The predicted octanol–water partition coefficient (Wildman–Crippen LogP) is 2.24. The van der Waals surface area contributed by atoms with Gasteiger partial charge in [0.15, 0.2) is 11.6 Å². The number of piperidine rings is 1. The van der Waals surface area contributed by atoms with Gasteiger partial charge in [-0.2, -0.15) is 5.10 Å². The molecule has 2 aromatic heterocycles. The minimum absolute atomic E-state index is 0.100. The lowest BCUT2D eigenvalue weighted by molar-refractivity contribution is 0.0703. The van der Waals surface area contributed by atoms with Crippen molar-refractivity contribution >= 4 is 5.91 Å². The van der Waals surface area contributed by atoms with Gasteiger partial charge in [0, 0.05) is 25.9 Å². The third kappa shape index (κ3) is 3.49. The van der Waals surface area contributed by atoms with Crippen LogP contribution in [0.1, 0.15) is 52.3 Å². The molecule has 1 saturated heterocycles. The minimum atomic E-state index is -0.203. The number of oxazole rings is 1. The lowest BCUT2D eigenvalue weighted by Crippen LogP contribution is -2.39. The lowest BCUT2D eigenvalue weighted by Gasteiger charge is -2.31. The Morgan fingerprint density at radius 1 is 1.21 bits per heavy atom. The molecule has 146 valence electrons. The molecular weight excluding hydrogens is 358 g/mol. The van der Waals surface area contributed by atoms with Gasteiger partial charge in [0.2, 0.25) is 0 Å². The maximum atomic E-state index is 12.7. The van der Waals surface area contributed by atoms with Crippen molar-refractivity contribution < 1.29 is 9.21 Å². The number of nitrogens with zero attached hydrogens (tertiary/aromatic N) is 4. The van der Waals surface area contributed by atoms with Crippen LogP contribution in [0.25, 0.3) is 0 Å². The molecule has 0 unspecified atom stereocenters. The van der Waals surface area contributed by atoms with E-state index in [-0.39, 0.29) is 17.5 Å². The summed E-state index contributed by atoms with van der Waals surface area (Å²) in [5.41, 5.74) is 1.24. The fraction of sp³-hybridized carbons (Fsp3) is 0.400. The molecule has 1 N–H and O–H groups in total. The van der Waals surface area contributed by atoms with E-state index in [0.717, 1.165) is 24.2 Å². The molecule has 1 aliphatic heterocycles. The first-order valence-corrected chi connectivity index (χ1v) is 9.45. The van der Waals surface area contributed by atoms with Crippen molar-refractivity contribution in [3.05, 3.63) is 69.5 Å². The van der Waals surface area contributed by atoms with Gasteiger partial charge in [-0.1, -0.05) is 30.3 Å². The molecule has 1 aliphatic rings. The quantitative estimate of drug-likeness (QED) is 0.748. The van der Waals surface area contributed by atoms with Gasteiger partial charge < -0.3 is 9.32 Å². The Labute approximate surface area is 162 Å². The third-order valence-corrected chi connectivity index (χ3v) is 5.22. The molecule has 0 bridgehead atoms. The summed E-state index contributed by atoms with van der Waals surface area (Å²) >= 11 is 0. The van der Waals surface area contributed by atoms with Gasteiger partial charge in [0.05, 0.1) is 6.54 Å². The van der Waals surface area contributed by atoms with E-state index in [9.17, 15) is 9.59 Å². The number of hydrogen-bond donors (Lipinski definition) is 1. The zero-order chi connectivity index (χ0) is 19.7. The van der Waals surface area contributed by atoms with E-state index in [4.69, 9.17) is 4.42 Å². The number of hydrogen-bond acceptors (Lipinski definition) is 5. The molecule has 1 fully saturated rings. The van der Waals surface area contributed by atoms with Crippen LogP contribution in [0.15, 0.2) is 39.5 Å². The summed E-state index contributed by atoms with van der Waals surface area (Å²) < 4.78 is 7.08. The summed E-state index contributed by atoms with van der Waals surface area (Å²) in [7, 11) is 0. The normalized spacial score (nSPS) is 15.1. The van der Waals surface area contributed by atoms with Gasteiger partial charge in [0.1, 0.15) is 11.6 Å². The van der Waals surface area contributed by atoms with Gasteiger partial charge >= 0.3 is 5.69 Å². The Morgan fingerprint density at radius 2 is 1.93 bits per heavy atom. The molecular formula is C20H23N5O3. The first-order chi connectivity index (χ1) is 13.5. The SMILES string of the molecule is Cc1nc(C(=O)N2CCC(c3n[nH]c(=O)n3Cc3ccccc3)CC2)c(C)o1. The highest BCUT2D eigenvalue weighted by Gasteiger charge is 2.30. The largest absolute Gasteiger partial charge is 0.445 e. The van der Waals surface area contributed by atoms with Crippen molar-refractivity contribution in [3.8, 4) is 0 Å². The van der Waals surface area contributed by atoms with E-state index in [1.165, 1.54) is 0 Å². The number of nitrogens with one attached hydrogen (secondary N) is 1. The first kappa shape index (κ1) is 18.2. The molecule has 0 radical (unpaired) electrons. The first-order valence-electron chi connectivity index (χ1n) is 9.45. The summed E-state index contributed by atoms with van der Waals surface area (Å²) in [4.78, 5) is 31.0. The summed E-state index contributed by atoms with van der Waals surface area (Å²) in [6, 6.07) is 9.85. The topological polar surface area (TPSA) is 97.0 Å². The number of carbonyl (C=O) groups is 1. The highest BCUT2D eigenvalue weighted by molar-refractivity contribution is 5.93. The maximum absolute atomic E-state index is 12.7. The van der Waals surface area contributed by atoms with E-state index in [1.807, 2.05) is 30.3 Å². The number of likely N-dealkylation sites (tertiary alicyclic amines) is 1. The van der Waals surface area contributed by atoms with Crippen LogP contribution in [0.3, 0.4) is 0 Å². The second kappa shape index (κ2) is 7.46. The van der Waals surface area contributed by atoms with E-state index in [1.54, 1.807) is 23.3 Å². The second-order valence-corrected chi connectivity index (χ2v) is 7.16. The molecule has 0 aliphatic carbocycles. The zero-order valence-corrected chi connectivity index (χ0v) is 16.0. The fourth-order valence-corrected chi connectivity index (χ4v) is 3.78. The van der Waals surface area contributed by atoms with Crippen molar-refractivity contribution in [2.24, 2.45) is 0 Å². The van der Waals surface area contributed by atoms with Gasteiger partial charge in [-0.25, -0.2) is 14.9 Å². The molecule has 28 heavy (non-hydrogen) atoms. The van der Waals surface area contributed by atoms with Crippen molar-refractivity contribution in [2.75, 3.05) is 13.1 Å². The van der Waals surface area contributed by atoms with Crippen LogP contribution in [0, 0.1) is 13.8 Å². The van der Waals surface area contributed by atoms with Crippen molar-refractivity contribution in [3.63, 3.8) is 0 Å². The summed E-state index contributed by atoms with van der Waals surface area (Å²) in [5, 5.41) is 6.86. The van der Waals surface area contributed by atoms with Crippen LogP contribution >= 0.6 is 0 Å². The molecule has 0 atom stereocenters.